The molecule has 0 amide bonds. The van der Waals surface area contributed by atoms with Crippen LogP contribution in [0.25, 0.3) is 0 Å². The molecule has 3 nitrogen and oxygen atoms in total. The summed E-state index contributed by atoms with van der Waals surface area (Å²) in [6, 6.07) is 0.439. The van der Waals surface area contributed by atoms with Crippen LogP contribution in [0.15, 0.2) is 0 Å². The Labute approximate surface area is 86.5 Å². The van der Waals surface area contributed by atoms with Crippen molar-refractivity contribution < 1.29 is 4.21 Å². The Morgan fingerprint density at radius 1 is 1.42 bits per heavy atom. The second kappa shape index (κ2) is 6.02. The summed E-state index contributed by atoms with van der Waals surface area (Å²) in [7, 11) is -2.21. The highest BCUT2D eigenvalue weighted by Crippen LogP contribution is 2.02. The van der Waals surface area contributed by atoms with Crippen LogP contribution in [0.1, 0.15) is 13.3 Å². The first-order chi connectivity index (χ1) is 4.60. The molecule has 2 atom stereocenters. The van der Waals surface area contributed by atoms with Crippen LogP contribution >= 0.6 is 24.8 Å². The zero-order valence-electron chi connectivity index (χ0n) is 7.04. The van der Waals surface area contributed by atoms with Crippen molar-refractivity contribution in [1.82, 2.24) is 5.32 Å². The summed E-state index contributed by atoms with van der Waals surface area (Å²) in [6.45, 7) is 2.81. The number of hydrogen-bond donors (Lipinski definition) is 2. The molecule has 0 saturated carbocycles. The third kappa shape index (κ3) is 5.19. The van der Waals surface area contributed by atoms with E-state index in [4.69, 9.17) is 4.78 Å². The second-order valence-corrected chi connectivity index (χ2v) is 5.30. The third-order valence-corrected chi connectivity index (χ3v) is 3.56. The van der Waals surface area contributed by atoms with Gasteiger partial charge in [-0.25, -0.2) is 4.21 Å². The van der Waals surface area contributed by atoms with E-state index in [1.807, 2.05) is 0 Å². The minimum Gasteiger partial charge on any atom is -0.313 e. The van der Waals surface area contributed by atoms with Gasteiger partial charge in [-0.05, 0) is 13.3 Å². The molecule has 1 saturated heterocycles. The maximum Gasteiger partial charge on any atom is 0.0454 e. The highest BCUT2D eigenvalue weighted by Gasteiger charge is 2.13. The van der Waals surface area contributed by atoms with E-state index in [0.29, 0.717) is 17.5 Å². The van der Waals surface area contributed by atoms with Gasteiger partial charge in [-0.2, -0.15) is 0 Å². The van der Waals surface area contributed by atoms with Crippen molar-refractivity contribution >= 4 is 34.5 Å². The van der Waals surface area contributed by atoms with E-state index >= 15 is 0 Å². The van der Waals surface area contributed by atoms with Gasteiger partial charge >= 0.3 is 0 Å². The van der Waals surface area contributed by atoms with Gasteiger partial charge in [-0.1, -0.05) is 0 Å². The lowest BCUT2D eigenvalue weighted by Crippen LogP contribution is -2.26. The lowest BCUT2D eigenvalue weighted by atomic mass is 10.3. The molecule has 6 heteroatoms. The Bertz CT molecular complexity index is 206. The van der Waals surface area contributed by atoms with Crippen molar-refractivity contribution in [2.24, 2.45) is 0 Å². The fourth-order valence-electron chi connectivity index (χ4n) is 1.04. The van der Waals surface area contributed by atoms with Crippen molar-refractivity contribution in [3.8, 4) is 0 Å². The summed E-state index contributed by atoms with van der Waals surface area (Å²) in [4.78, 5) is 0. The first-order valence-corrected chi connectivity index (χ1v) is 5.47. The normalized spacial score (nSPS) is 35.6. The van der Waals surface area contributed by atoms with Gasteiger partial charge < -0.3 is 5.32 Å². The van der Waals surface area contributed by atoms with Gasteiger partial charge in [0.05, 0.1) is 0 Å². The Morgan fingerprint density at radius 3 is 2.58 bits per heavy atom. The van der Waals surface area contributed by atoms with Crippen LogP contribution in [-0.4, -0.2) is 28.3 Å². The fraction of sp³-hybridized carbons (Fsp3) is 1.00. The average molecular weight is 235 g/mol. The molecule has 1 aliphatic heterocycles. The number of hydrogen-bond acceptors (Lipinski definition) is 3. The third-order valence-electron chi connectivity index (χ3n) is 1.81. The van der Waals surface area contributed by atoms with E-state index in [2.05, 4.69) is 12.2 Å². The number of nitrogens with one attached hydrogen (secondary N) is 2. The Hall–Kier alpha value is 0.490. The number of rotatable bonds is 0. The largest absolute Gasteiger partial charge is 0.313 e. The molecule has 0 aromatic heterocycles. The molecule has 0 aromatic carbocycles. The molecule has 1 fully saturated rings. The van der Waals surface area contributed by atoms with Gasteiger partial charge in [-0.3, -0.25) is 4.78 Å². The first-order valence-electron chi connectivity index (χ1n) is 3.58. The van der Waals surface area contributed by atoms with Gasteiger partial charge in [0, 0.05) is 33.8 Å². The monoisotopic (exact) mass is 234 g/mol. The van der Waals surface area contributed by atoms with Crippen LogP contribution in [0.2, 0.25) is 0 Å². The molecule has 1 rings (SSSR count). The maximum atomic E-state index is 11.2. The Kier molecular flexibility index (Phi) is 7.52. The molecule has 0 spiro atoms. The minimum atomic E-state index is -2.21. The summed E-state index contributed by atoms with van der Waals surface area (Å²) in [5.41, 5.74) is 0. The lowest BCUT2D eigenvalue weighted by Gasteiger charge is -2.05. The molecule has 0 bridgehead atoms. The van der Waals surface area contributed by atoms with Crippen molar-refractivity contribution in [2.45, 2.75) is 19.4 Å². The molecule has 2 unspecified atom stereocenters. The zero-order chi connectivity index (χ0) is 7.61. The molecule has 1 heterocycles. The number of halogens is 2. The Balaban J connectivity index is 0. The van der Waals surface area contributed by atoms with E-state index < -0.39 is 9.73 Å². The van der Waals surface area contributed by atoms with Crippen LogP contribution in [0.4, 0.5) is 0 Å². The lowest BCUT2D eigenvalue weighted by molar-refractivity contribution is 0.567. The molecule has 0 aromatic rings. The SMILES string of the molecule is CC1CCS(=N)(=O)CCN1.Cl.Cl. The summed E-state index contributed by atoms with van der Waals surface area (Å²) >= 11 is 0. The quantitative estimate of drug-likeness (QED) is 0.664. The first kappa shape index (κ1) is 15.0. The van der Waals surface area contributed by atoms with Crippen LogP contribution in [0.3, 0.4) is 0 Å². The van der Waals surface area contributed by atoms with Gasteiger partial charge in [0.25, 0.3) is 0 Å². The summed E-state index contributed by atoms with van der Waals surface area (Å²) in [6.07, 6.45) is 0.877. The molecule has 1 aliphatic rings. The topological polar surface area (TPSA) is 53.0 Å². The van der Waals surface area contributed by atoms with Crippen LogP contribution in [0.5, 0.6) is 0 Å². The van der Waals surface area contributed by atoms with Crippen molar-refractivity contribution in [3.05, 3.63) is 0 Å². The molecular weight excluding hydrogens is 219 g/mol. The average Bonchev–Trinajstić information content (AvgIpc) is 1.94. The van der Waals surface area contributed by atoms with Crippen LogP contribution in [0, 0.1) is 4.78 Å². The minimum absolute atomic E-state index is 0. The Morgan fingerprint density at radius 2 is 2.00 bits per heavy atom. The van der Waals surface area contributed by atoms with Gasteiger partial charge in [-0.15, -0.1) is 24.8 Å². The van der Waals surface area contributed by atoms with Gasteiger partial charge in [0.15, 0.2) is 0 Å². The van der Waals surface area contributed by atoms with Crippen molar-refractivity contribution in [2.75, 3.05) is 18.1 Å². The van der Waals surface area contributed by atoms with E-state index in [9.17, 15) is 4.21 Å². The van der Waals surface area contributed by atoms with Gasteiger partial charge in [0.1, 0.15) is 0 Å². The van der Waals surface area contributed by atoms with E-state index in [0.717, 1.165) is 13.0 Å². The summed E-state index contributed by atoms with van der Waals surface area (Å²) in [5.74, 6) is 1.10. The molecule has 12 heavy (non-hydrogen) atoms. The maximum absolute atomic E-state index is 11.2. The van der Waals surface area contributed by atoms with Crippen molar-refractivity contribution in [1.29, 1.82) is 4.78 Å². The van der Waals surface area contributed by atoms with E-state index in [1.165, 1.54) is 0 Å². The molecule has 2 N–H and O–H groups in total. The van der Waals surface area contributed by atoms with Crippen molar-refractivity contribution in [3.63, 3.8) is 0 Å². The fourth-order valence-corrected chi connectivity index (χ4v) is 2.43. The predicted molar refractivity (Wildman–Crippen MR) is 57.2 cm³/mol. The van der Waals surface area contributed by atoms with E-state index in [-0.39, 0.29) is 24.8 Å². The van der Waals surface area contributed by atoms with Crippen LogP contribution < -0.4 is 5.32 Å². The summed E-state index contributed by atoms with van der Waals surface area (Å²) < 4.78 is 18.5. The van der Waals surface area contributed by atoms with Gasteiger partial charge in [0.2, 0.25) is 0 Å². The smallest absolute Gasteiger partial charge is 0.0454 e. The molecule has 76 valence electrons. The highest BCUT2D eigenvalue weighted by molar-refractivity contribution is 7.92. The van der Waals surface area contributed by atoms with Crippen LogP contribution in [-0.2, 0) is 9.73 Å². The summed E-state index contributed by atoms with van der Waals surface area (Å²) in [5, 5.41) is 3.20. The molecule has 0 radical (unpaired) electrons. The second-order valence-electron chi connectivity index (χ2n) is 2.86. The zero-order valence-corrected chi connectivity index (χ0v) is 9.49. The molecule has 0 aliphatic carbocycles. The molecular formula is C6H16Cl2N2OS. The highest BCUT2D eigenvalue weighted by atomic mass is 35.5. The standard InChI is InChI=1S/C6H14N2OS.2ClH/c1-6-2-4-10(7,9)5-3-8-6;;/h6-8H,2-5H2,1H3;2*1H. The van der Waals surface area contributed by atoms with E-state index in [1.54, 1.807) is 0 Å². The predicted octanol–water partition coefficient (Wildman–Crippen LogP) is 1.26.